The number of nitrogens with zero attached hydrogens (tertiary/aromatic N) is 4. The highest BCUT2D eigenvalue weighted by molar-refractivity contribution is 6.04. The zero-order valence-corrected chi connectivity index (χ0v) is 21.8. The van der Waals surface area contributed by atoms with E-state index in [9.17, 15) is 10.1 Å². The van der Waals surface area contributed by atoms with Crippen LogP contribution >= 0.6 is 0 Å². The monoisotopic (exact) mass is 509 g/mol. The van der Waals surface area contributed by atoms with Gasteiger partial charge in [0.15, 0.2) is 0 Å². The number of rotatable bonds is 10. The Kier molecular flexibility index (Phi) is 8.19. The van der Waals surface area contributed by atoms with Crippen LogP contribution in [-0.2, 0) is 5.41 Å². The van der Waals surface area contributed by atoms with Gasteiger partial charge in [0.1, 0.15) is 5.75 Å². The fraction of sp³-hybridized carbons (Fsp3) is 0.267. The Hall–Kier alpha value is -4.48. The lowest BCUT2D eigenvalue weighted by molar-refractivity contribution is 0.102. The number of carbonyl (C=O) groups is 1. The number of hydrogen-bond acceptors (Lipinski definition) is 6. The first kappa shape index (κ1) is 26.6. The van der Waals surface area contributed by atoms with Gasteiger partial charge in [0.2, 0.25) is 0 Å². The van der Waals surface area contributed by atoms with Crippen LogP contribution in [-0.4, -0.2) is 39.0 Å². The summed E-state index contributed by atoms with van der Waals surface area (Å²) < 4.78 is 7.68. The maximum Gasteiger partial charge on any atom is 0.255 e. The smallest absolute Gasteiger partial charge is 0.255 e. The number of pyridine rings is 1. The molecule has 2 heterocycles. The second kappa shape index (κ2) is 11.7. The van der Waals surface area contributed by atoms with Crippen LogP contribution in [0.5, 0.6) is 5.75 Å². The molecule has 0 saturated carbocycles. The summed E-state index contributed by atoms with van der Waals surface area (Å²) in [7, 11) is 0. The molecule has 4 rings (SSSR count). The van der Waals surface area contributed by atoms with Crippen molar-refractivity contribution in [2.45, 2.75) is 39.0 Å². The van der Waals surface area contributed by atoms with Crippen molar-refractivity contribution in [1.82, 2.24) is 14.8 Å². The Balaban J connectivity index is 1.55. The van der Waals surface area contributed by atoms with Gasteiger partial charge in [0.25, 0.3) is 5.91 Å². The number of unbranched alkanes of at least 4 members (excludes halogenated alkanes) is 1. The number of aromatic nitrogens is 3. The SMILES string of the molecule is Cc1ccc(NC(=O)c2cccc(C(C)(C)C#N)c2)cc1-n1cc(-c2cnccc2OCCCCO)cn1. The molecule has 0 aliphatic carbocycles. The Morgan fingerprint density at radius 2 is 2.00 bits per heavy atom. The van der Waals surface area contributed by atoms with Gasteiger partial charge in [-0.2, -0.15) is 10.4 Å². The third-order valence-electron chi connectivity index (χ3n) is 6.32. The lowest BCUT2D eigenvalue weighted by atomic mass is 9.85. The van der Waals surface area contributed by atoms with Gasteiger partial charge in [0, 0.05) is 47.6 Å². The summed E-state index contributed by atoms with van der Waals surface area (Å²) in [6.07, 6.45) is 8.53. The normalized spacial score (nSPS) is 11.1. The quantitative estimate of drug-likeness (QED) is 0.275. The molecule has 0 bridgehead atoms. The Labute approximate surface area is 222 Å². The number of nitrogens with one attached hydrogen (secondary N) is 1. The molecule has 8 heteroatoms. The van der Waals surface area contributed by atoms with E-state index in [4.69, 9.17) is 9.84 Å². The van der Waals surface area contributed by atoms with Crippen LogP contribution < -0.4 is 10.1 Å². The third kappa shape index (κ3) is 6.07. The number of amides is 1. The predicted molar refractivity (Wildman–Crippen MR) is 146 cm³/mol. The van der Waals surface area contributed by atoms with Crippen molar-refractivity contribution in [3.8, 4) is 28.6 Å². The van der Waals surface area contributed by atoms with Crippen LogP contribution in [0.1, 0.15) is 48.2 Å². The summed E-state index contributed by atoms with van der Waals surface area (Å²) in [6, 6.07) is 16.9. The fourth-order valence-electron chi connectivity index (χ4n) is 3.96. The van der Waals surface area contributed by atoms with Gasteiger partial charge in [-0.25, -0.2) is 4.68 Å². The van der Waals surface area contributed by atoms with Crippen LogP contribution in [0.2, 0.25) is 0 Å². The van der Waals surface area contributed by atoms with E-state index in [0.29, 0.717) is 30.0 Å². The molecule has 0 unspecified atom stereocenters. The summed E-state index contributed by atoms with van der Waals surface area (Å²) in [6.45, 7) is 6.28. The number of benzene rings is 2. The molecule has 2 aromatic carbocycles. The Morgan fingerprint density at radius 3 is 2.79 bits per heavy atom. The molecule has 2 aromatic heterocycles. The summed E-state index contributed by atoms with van der Waals surface area (Å²) in [4.78, 5) is 17.3. The minimum absolute atomic E-state index is 0.143. The van der Waals surface area contributed by atoms with Crippen LogP contribution in [0.4, 0.5) is 5.69 Å². The van der Waals surface area contributed by atoms with E-state index in [2.05, 4.69) is 21.5 Å². The third-order valence-corrected chi connectivity index (χ3v) is 6.32. The number of aliphatic hydroxyl groups is 1. The zero-order valence-electron chi connectivity index (χ0n) is 21.8. The minimum atomic E-state index is -0.691. The van der Waals surface area contributed by atoms with Crippen LogP contribution in [0.15, 0.2) is 73.3 Å². The van der Waals surface area contributed by atoms with E-state index in [1.807, 2.05) is 57.3 Å². The predicted octanol–water partition coefficient (Wildman–Crippen LogP) is 5.45. The van der Waals surface area contributed by atoms with Gasteiger partial charge >= 0.3 is 0 Å². The van der Waals surface area contributed by atoms with Crippen LogP contribution in [0.3, 0.4) is 0 Å². The second-order valence-corrected chi connectivity index (χ2v) is 9.60. The molecular formula is C30H31N5O3. The van der Waals surface area contributed by atoms with Gasteiger partial charge in [-0.05, 0) is 75.1 Å². The molecule has 0 atom stereocenters. The van der Waals surface area contributed by atoms with E-state index in [1.54, 1.807) is 41.5 Å². The van der Waals surface area contributed by atoms with E-state index in [0.717, 1.165) is 34.4 Å². The molecule has 0 aliphatic heterocycles. The van der Waals surface area contributed by atoms with Crippen LogP contribution in [0.25, 0.3) is 16.8 Å². The zero-order chi connectivity index (χ0) is 27.1. The average molecular weight is 510 g/mol. The van der Waals surface area contributed by atoms with Crippen molar-refractivity contribution in [2.24, 2.45) is 0 Å². The van der Waals surface area contributed by atoms with Crippen molar-refractivity contribution in [2.75, 3.05) is 18.5 Å². The number of hydrogen-bond donors (Lipinski definition) is 2. The Bertz CT molecular complexity index is 1470. The molecule has 1 amide bonds. The standard InChI is InChI=1S/C30H31N5O3/c1-21-9-10-25(34-29(37)22-7-6-8-24(15-22)30(2,3)20-31)16-27(21)35-19-23(17-33-35)26-18-32-12-11-28(26)38-14-5-4-13-36/h6-12,15-19,36H,4-5,13-14H2,1-3H3,(H,34,37). The molecule has 0 radical (unpaired) electrons. The van der Waals surface area contributed by atoms with Gasteiger partial charge in [-0.3, -0.25) is 9.78 Å². The van der Waals surface area contributed by atoms with Crippen molar-refractivity contribution < 1.29 is 14.6 Å². The number of aliphatic hydroxyl groups excluding tert-OH is 1. The lowest BCUT2D eigenvalue weighted by Gasteiger charge is -2.16. The van der Waals surface area contributed by atoms with Gasteiger partial charge in [-0.15, -0.1) is 0 Å². The van der Waals surface area contributed by atoms with Gasteiger partial charge in [0.05, 0.1) is 30.0 Å². The molecule has 194 valence electrons. The van der Waals surface area contributed by atoms with Crippen molar-refractivity contribution in [3.05, 3.63) is 90.0 Å². The van der Waals surface area contributed by atoms with Crippen LogP contribution in [0, 0.1) is 18.3 Å². The van der Waals surface area contributed by atoms with E-state index >= 15 is 0 Å². The first-order chi connectivity index (χ1) is 18.3. The molecule has 8 nitrogen and oxygen atoms in total. The highest BCUT2D eigenvalue weighted by atomic mass is 16.5. The van der Waals surface area contributed by atoms with E-state index < -0.39 is 5.41 Å². The largest absolute Gasteiger partial charge is 0.493 e. The molecular weight excluding hydrogens is 478 g/mol. The molecule has 2 N–H and O–H groups in total. The second-order valence-electron chi connectivity index (χ2n) is 9.60. The highest BCUT2D eigenvalue weighted by Crippen LogP contribution is 2.30. The first-order valence-corrected chi connectivity index (χ1v) is 12.5. The highest BCUT2D eigenvalue weighted by Gasteiger charge is 2.21. The summed E-state index contributed by atoms with van der Waals surface area (Å²) in [5, 5.41) is 26.0. The Morgan fingerprint density at radius 1 is 1.16 bits per heavy atom. The van der Waals surface area contributed by atoms with Crippen molar-refractivity contribution in [1.29, 1.82) is 5.26 Å². The number of carbonyl (C=O) groups excluding carboxylic acids is 1. The minimum Gasteiger partial charge on any atom is -0.493 e. The summed E-state index contributed by atoms with van der Waals surface area (Å²) >= 11 is 0. The molecule has 38 heavy (non-hydrogen) atoms. The first-order valence-electron chi connectivity index (χ1n) is 12.5. The van der Waals surface area contributed by atoms with Gasteiger partial charge < -0.3 is 15.2 Å². The number of ether oxygens (including phenoxy) is 1. The number of anilines is 1. The topological polar surface area (TPSA) is 113 Å². The van der Waals surface area contributed by atoms with Crippen molar-refractivity contribution >= 4 is 11.6 Å². The summed E-state index contributed by atoms with van der Waals surface area (Å²) in [5.74, 6) is 0.451. The van der Waals surface area contributed by atoms with Crippen molar-refractivity contribution in [3.63, 3.8) is 0 Å². The van der Waals surface area contributed by atoms with Gasteiger partial charge in [-0.1, -0.05) is 18.2 Å². The average Bonchev–Trinajstić information content (AvgIpc) is 3.42. The van der Waals surface area contributed by atoms with E-state index in [-0.39, 0.29) is 12.5 Å². The summed E-state index contributed by atoms with van der Waals surface area (Å²) in [5.41, 5.74) is 4.69. The molecule has 0 spiro atoms. The van der Waals surface area contributed by atoms with E-state index in [1.165, 1.54) is 0 Å². The number of aryl methyl sites for hydroxylation is 1. The maximum absolute atomic E-state index is 13.0. The fourth-order valence-corrected chi connectivity index (χ4v) is 3.96. The lowest BCUT2D eigenvalue weighted by Crippen LogP contribution is -2.17. The molecule has 4 aromatic rings. The molecule has 0 aliphatic rings. The molecule has 0 saturated heterocycles. The molecule has 0 fully saturated rings. The number of nitriles is 1. The maximum atomic E-state index is 13.0.